The van der Waals surface area contributed by atoms with Crippen LogP contribution >= 0.6 is 15.6 Å². The summed E-state index contributed by atoms with van der Waals surface area (Å²) >= 11 is 0. The molecule has 0 aliphatic carbocycles. The molecule has 0 radical (unpaired) electrons. The van der Waals surface area contributed by atoms with Gasteiger partial charge in [0.05, 0.1) is 19.3 Å². The van der Waals surface area contributed by atoms with Crippen LogP contribution in [0.3, 0.4) is 0 Å². The first-order valence-electron chi connectivity index (χ1n) is 6.92. The van der Waals surface area contributed by atoms with E-state index in [1.807, 2.05) is 0 Å². The van der Waals surface area contributed by atoms with Crippen molar-refractivity contribution >= 4 is 15.6 Å². The summed E-state index contributed by atoms with van der Waals surface area (Å²) in [5, 5.41) is 9.70. The normalized spacial score (nSPS) is 12.6. The SMILES string of the molecule is CC(C)Oc1cc(OC(COP(=O)(O)O)COP(=O)(O)O)ccc1O. The maximum atomic E-state index is 10.8. The van der Waals surface area contributed by atoms with Gasteiger partial charge in [0, 0.05) is 6.07 Å². The van der Waals surface area contributed by atoms with Crippen molar-refractivity contribution < 1.29 is 52.3 Å². The van der Waals surface area contributed by atoms with E-state index < -0.39 is 35.0 Å². The first-order chi connectivity index (χ1) is 11.4. The smallest absolute Gasteiger partial charge is 0.469 e. The molecule has 0 fully saturated rings. The van der Waals surface area contributed by atoms with E-state index >= 15 is 0 Å². The maximum absolute atomic E-state index is 10.8. The Morgan fingerprint density at radius 1 is 0.960 bits per heavy atom. The maximum Gasteiger partial charge on any atom is 0.469 e. The number of phenols is 1. The summed E-state index contributed by atoms with van der Waals surface area (Å²) in [6.07, 6.45) is -1.50. The van der Waals surface area contributed by atoms with Crippen molar-refractivity contribution in [2.75, 3.05) is 13.2 Å². The van der Waals surface area contributed by atoms with Crippen LogP contribution in [0, 0.1) is 0 Å². The van der Waals surface area contributed by atoms with Crippen LogP contribution in [0.25, 0.3) is 0 Å². The largest absolute Gasteiger partial charge is 0.504 e. The van der Waals surface area contributed by atoms with E-state index in [0.717, 1.165) is 0 Å². The highest BCUT2D eigenvalue weighted by atomic mass is 31.2. The van der Waals surface area contributed by atoms with E-state index in [1.165, 1.54) is 18.2 Å². The number of phosphoric ester groups is 2. The fourth-order valence-electron chi connectivity index (χ4n) is 1.59. The van der Waals surface area contributed by atoms with E-state index in [0.29, 0.717) is 0 Å². The molecule has 1 aromatic carbocycles. The van der Waals surface area contributed by atoms with E-state index in [1.54, 1.807) is 13.8 Å². The number of benzene rings is 1. The van der Waals surface area contributed by atoms with Crippen molar-refractivity contribution in [1.29, 1.82) is 0 Å². The lowest BCUT2D eigenvalue weighted by atomic mass is 10.3. The lowest BCUT2D eigenvalue weighted by molar-refractivity contribution is 0.0545. The molecule has 5 N–H and O–H groups in total. The second kappa shape index (κ2) is 8.98. The molecule has 0 amide bonds. The van der Waals surface area contributed by atoms with E-state index in [-0.39, 0.29) is 23.4 Å². The molecule has 0 aliphatic rings. The van der Waals surface area contributed by atoms with Crippen molar-refractivity contribution in [2.24, 2.45) is 0 Å². The third-order valence-corrected chi connectivity index (χ3v) is 3.42. The van der Waals surface area contributed by atoms with Gasteiger partial charge in [-0.3, -0.25) is 9.05 Å². The standard InChI is InChI=1S/C12H20O11P2/c1-8(2)22-12-5-9(3-4-11(12)13)23-10(6-20-24(14,15)16)7-21-25(17,18)19/h3-5,8,10,13H,6-7H2,1-2H3,(H2,14,15,16)(H2,17,18,19). The van der Waals surface area contributed by atoms with Crippen molar-refractivity contribution in [3.8, 4) is 17.2 Å². The molecular formula is C12H20O11P2. The summed E-state index contributed by atoms with van der Waals surface area (Å²) in [5.41, 5.74) is 0. The molecule has 0 heterocycles. The van der Waals surface area contributed by atoms with Gasteiger partial charge in [-0.15, -0.1) is 0 Å². The third kappa shape index (κ3) is 9.78. The average Bonchev–Trinajstić information content (AvgIpc) is 2.43. The van der Waals surface area contributed by atoms with Gasteiger partial charge in [0.15, 0.2) is 11.5 Å². The van der Waals surface area contributed by atoms with Crippen LogP contribution in [-0.2, 0) is 18.2 Å². The van der Waals surface area contributed by atoms with Crippen molar-refractivity contribution in [3.05, 3.63) is 18.2 Å². The highest BCUT2D eigenvalue weighted by Gasteiger charge is 2.24. The summed E-state index contributed by atoms with van der Waals surface area (Å²) in [6.45, 7) is 2.06. The molecule has 0 saturated heterocycles. The molecule has 0 spiro atoms. The molecule has 1 aromatic rings. The average molecular weight is 402 g/mol. The quantitative estimate of drug-likeness (QED) is 0.355. The summed E-state index contributed by atoms with van der Waals surface area (Å²) in [7, 11) is -9.64. The molecule has 0 unspecified atom stereocenters. The minimum Gasteiger partial charge on any atom is -0.504 e. The fraction of sp³-hybridized carbons (Fsp3) is 0.500. The first-order valence-corrected chi connectivity index (χ1v) is 9.98. The lowest BCUT2D eigenvalue weighted by Crippen LogP contribution is -2.28. The second-order valence-electron chi connectivity index (χ2n) is 5.11. The van der Waals surface area contributed by atoms with Crippen LogP contribution in [0.4, 0.5) is 0 Å². The molecule has 0 bridgehead atoms. The predicted molar refractivity (Wildman–Crippen MR) is 84.3 cm³/mol. The van der Waals surface area contributed by atoms with Gasteiger partial charge in [-0.25, -0.2) is 9.13 Å². The number of aromatic hydroxyl groups is 1. The zero-order chi connectivity index (χ0) is 19.3. The summed E-state index contributed by atoms with van der Waals surface area (Å²) < 4.78 is 40.8. The molecule has 0 saturated carbocycles. The Balaban J connectivity index is 2.87. The lowest BCUT2D eigenvalue weighted by Gasteiger charge is -2.20. The number of hydrogen-bond acceptors (Lipinski definition) is 7. The van der Waals surface area contributed by atoms with Gasteiger partial charge < -0.3 is 34.2 Å². The fourth-order valence-corrected chi connectivity index (χ4v) is 2.31. The van der Waals surface area contributed by atoms with Gasteiger partial charge in [-0.2, -0.15) is 0 Å². The van der Waals surface area contributed by atoms with Gasteiger partial charge in [0.1, 0.15) is 11.9 Å². The topological polar surface area (TPSA) is 172 Å². The van der Waals surface area contributed by atoms with Gasteiger partial charge >= 0.3 is 15.6 Å². The number of ether oxygens (including phenoxy) is 2. The number of phenolic OH excluding ortho intramolecular Hbond substituents is 1. The summed E-state index contributed by atoms with van der Waals surface area (Å²) in [6, 6.07) is 3.89. The van der Waals surface area contributed by atoms with Gasteiger partial charge in [-0.05, 0) is 26.0 Å². The highest BCUT2D eigenvalue weighted by molar-refractivity contribution is 7.46. The minimum atomic E-state index is -4.82. The monoisotopic (exact) mass is 402 g/mol. The van der Waals surface area contributed by atoms with E-state index in [9.17, 15) is 14.2 Å². The predicted octanol–water partition coefficient (Wildman–Crippen LogP) is 1.15. The van der Waals surface area contributed by atoms with Crippen molar-refractivity contribution in [3.63, 3.8) is 0 Å². The molecule has 0 aromatic heterocycles. The number of rotatable bonds is 10. The number of phosphoric acid groups is 2. The zero-order valence-corrected chi connectivity index (χ0v) is 15.2. The van der Waals surface area contributed by atoms with Crippen LogP contribution in [0.2, 0.25) is 0 Å². The Hall–Kier alpha value is -1.16. The summed E-state index contributed by atoms with van der Waals surface area (Å²) in [5.74, 6) is 0.0377. The Kier molecular flexibility index (Phi) is 7.86. The third-order valence-electron chi connectivity index (χ3n) is 2.45. The van der Waals surface area contributed by atoms with E-state index in [4.69, 9.17) is 29.0 Å². The number of hydrogen-bond donors (Lipinski definition) is 5. The Morgan fingerprint density at radius 2 is 1.48 bits per heavy atom. The molecule has 25 heavy (non-hydrogen) atoms. The Bertz CT molecular complexity index is 624. The molecule has 1 rings (SSSR count). The Labute approximate surface area is 143 Å². The van der Waals surface area contributed by atoms with Crippen LogP contribution in [0.15, 0.2) is 18.2 Å². The molecule has 13 heteroatoms. The summed E-state index contributed by atoms with van der Waals surface area (Å²) in [4.78, 5) is 34.9. The van der Waals surface area contributed by atoms with Crippen LogP contribution < -0.4 is 9.47 Å². The van der Waals surface area contributed by atoms with Crippen molar-refractivity contribution in [2.45, 2.75) is 26.1 Å². The minimum absolute atomic E-state index is 0.0954. The molecule has 0 aliphatic heterocycles. The molecular weight excluding hydrogens is 382 g/mol. The molecule has 144 valence electrons. The Morgan fingerprint density at radius 3 is 1.92 bits per heavy atom. The van der Waals surface area contributed by atoms with Gasteiger partial charge in [-0.1, -0.05) is 0 Å². The van der Waals surface area contributed by atoms with Crippen molar-refractivity contribution in [1.82, 2.24) is 0 Å². The first kappa shape index (κ1) is 21.9. The highest BCUT2D eigenvalue weighted by Crippen LogP contribution is 2.38. The second-order valence-corrected chi connectivity index (χ2v) is 7.59. The van der Waals surface area contributed by atoms with Gasteiger partial charge in [0.2, 0.25) is 0 Å². The van der Waals surface area contributed by atoms with Crippen LogP contribution in [0.1, 0.15) is 13.8 Å². The molecule has 11 nitrogen and oxygen atoms in total. The van der Waals surface area contributed by atoms with Crippen LogP contribution in [-0.4, -0.2) is 50.1 Å². The van der Waals surface area contributed by atoms with E-state index in [2.05, 4.69) is 9.05 Å². The zero-order valence-electron chi connectivity index (χ0n) is 13.4. The van der Waals surface area contributed by atoms with Crippen LogP contribution in [0.5, 0.6) is 17.2 Å². The van der Waals surface area contributed by atoms with Gasteiger partial charge in [0.25, 0.3) is 0 Å². The molecule has 0 atom stereocenters.